The summed E-state index contributed by atoms with van der Waals surface area (Å²) in [5, 5.41) is 20.6. The Morgan fingerprint density at radius 3 is 2.55 bits per heavy atom. The van der Waals surface area contributed by atoms with Gasteiger partial charge in [0.15, 0.2) is 0 Å². The van der Waals surface area contributed by atoms with E-state index in [1.54, 1.807) is 24.3 Å². The number of hydrogen-bond acceptors (Lipinski definition) is 4. The molecule has 0 saturated heterocycles. The van der Waals surface area contributed by atoms with Crippen molar-refractivity contribution in [3.8, 4) is 17.0 Å². The van der Waals surface area contributed by atoms with Crippen molar-refractivity contribution in [3.63, 3.8) is 0 Å². The molecule has 1 heterocycles. The van der Waals surface area contributed by atoms with Crippen molar-refractivity contribution < 1.29 is 14.7 Å². The van der Waals surface area contributed by atoms with Crippen LogP contribution in [0.25, 0.3) is 11.3 Å². The summed E-state index contributed by atoms with van der Waals surface area (Å²) < 4.78 is 1.40. The van der Waals surface area contributed by atoms with Crippen molar-refractivity contribution in [1.82, 2.24) is 15.1 Å². The third-order valence-corrected chi connectivity index (χ3v) is 5.30. The molecule has 7 nitrogen and oxygen atoms in total. The summed E-state index contributed by atoms with van der Waals surface area (Å²) in [4.78, 5) is 25.1. The quantitative estimate of drug-likeness (QED) is 0.507. The minimum absolute atomic E-state index is 0.0364. The first-order valence-electron chi connectivity index (χ1n) is 10.6. The Bertz CT molecular complexity index is 1110. The van der Waals surface area contributed by atoms with Gasteiger partial charge in [0.1, 0.15) is 5.75 Å². The number of phenolic OH excluding ortho intramolecular Hbond substituents is 1. The van der Waals surface area contributed by atoms with Crippen LogP contribution in [0.15, 0.2) is 48.5 Å². The van der Waals surface area contributed by atoms with Gasteiger partial charge in [-0.1, -0.05) is 24.6 Å². The van der Waals surface area contributed by atoms with Gasteiger partial charge in [-0.3, -0.25) is 4.79 Å². The highest BCUT2D eigenvalue weighted by Crippen LogP contribution is 2.42. The fourth-order valence-corrected chi connectivity index (χ4v) is 3.39. The number of carbonyl (C=O) groups is 2. The second kappa shape index (κ2) is 8.63. The van der Waals surface area contributed by atoms with E-state index in [2.05, 4.69) is 15.7 Å². The molecule has 0 spiro atoms. The highest BCUT2D eigenvalue weighted by molar-refractivity contribution is 6.04. The van der Waals surface area contributed by atoms with Crippen molar-refractivity contribution in [3.05, 3.63) is 65.4 Å². The molecule has 0 unspecified atom stereocenters. The zero-order valence-electron chi connectivity index (χ0n) is 17.7. The standard InChI is InChI=1S/C24H26N4O3/c1-3-12-25-24(31)28-21(16-8-9-16)14-20(27-28)19-13-18(10-11-22(19)29)26-23(30)17-6-4-15(2)5-7-17/h4-7,10-11,13-14,16,29H,3,8-9,12H2,1-2H3,(H,25,31)(H,26,30). The van der Waals surface area contributed by atoms with Crippen LogP contribution in [-0.2, 0) is 0 Å². The maximum atomic E-state index is 12.6. The molecule has 2 aromatic carbocycles. The molecule has 1 saturated carbocycles. The molecule has 3 aromatic rings. The van der Waals surface area contributed by atoms with Gasteiger partial charge in [0.05, 0.1) is 11.4 Å². The van der Waals surface area contributed by atoms with Crippen LogP contribution < -0.4 is 10.6 Å². The lowest BCUT2D eigenvalue weighted by molar-refractivity contribution is 0.102. The van der Waals surface area contributed by atoms with E-state index in [-0.39, 0.29) is 17.7 Å². The zero-order chi connectivity index (χ0) is 22.0. The molecule has 1 fully saturated rings. The van der Waals surface area contributed by atoms with Gasteiger partial charge in [-0.2, -0.15) is 9.78 Å². The smallest absolute Gasteiger partial charge is 0.342 e. The van der Waals surface area contributed by atoms with Crippen LogP contribution in [0.5, 0.6) is 5.75 Å². The lowest BCUT2D eigenvalue weighted by Crippen LogP contribution is -2.31. The van der Waals surface area contributed by atoms with E-state index in [0.29, 0.717) is 35.0 Å². The summed E-state index contributed by atoms with van der Waals surface area (Å²) >= 11 is 0. The molecule has 0 atom stereocenters. The van der Waals surface area contributed by atoms with Crippen LogP contribution in [0, 0.1) is 6.92 Å². The molecule has 2 amide bonds. The van der Waals surface area contributed by atoms with Gasteiger partial charge in [0.25, 0.3) is 5.91 Å². The number of amides is 2. The van der Waals surface area contributed by atoms with E-state index in [0.717, 1.165) is 30.5 Å². The number of aryl methyl sites for hydroxylation is 1. The molecule has 7 heteroatoms. The molecular weight excluding hydrogens is 392 g/mol. The Labute approximate surface area is 181 Å². The van der Waals surface area contributed by atoms with Gasteiger partial charge < -0.3 is 15.7 Å². The van der Waals surface area contributed by atoms with Crippen LogP contribution >= 0.6 is 0 Å². The average Bonchev–Trinajstić information content (AvgIpc) is 3.52. The van der Waals surface area contributed by atoms with E-state index in [4.69, 9.17) is 0 Å². The van der Waals surface area contributed by atoms with Gasteiger partial charge in [-0.15, -0.1) is 0 Å². The second-order valence-corrected chi connectivity index (χ2v) is 7.92. The fraction of sp³-hybridized carbons (Fsp3) is 0.292. The summed E-state index contributed by atoms with van der Waals surface area (Å²) in [5.74, 6) is 0.106. The molecule has 0 aliphatic heterocycles. The summed E-state index contributed by atoms with van der Waals surface area (Å²) in [7, 11) is 0. The third-order valence-electron chi connectivity index (χ3n) is 5.30. The van der Waals surface area contributed by atoms with E-state index < -0.39 is 0 Å². The van der Waals surface area contributed by atoms with Crippen LogP contribution in [0.4, 0.5) is 10.5 Å². The average molecular weight is 418 g/mol. The second-order valence-electron chi connectivity index (χ2n) is 7.92. The summed E-state index contributed by atoms with van der Waals surface area (Å²) in [5.41, 5.74) is 3.97. The van der Waals surface area contributed by atoms with Crippen molar-refractivity contribution in [1.29, 1.82) is 0 Å². The molecule has 4 rings (SSSR count). The van der Waals surface area contributed by atoms with Gasteiger partial charge >= 0.3 is 6.03 Å². The van der Waals surface area contributed by atoms with Crippen LogP contribution in [-0.4, -0.2) is 33.4 Å². The molecule has 0 radical (unpaired) electrons. The predicted molar refractivity (Wildman–Crippen MR) is 120 cm³/mol. The van der Waals surface area contributed by atoms with E-state index in [9.17, 15) is 14.7 Å². The summed E-state index contributed by atoms with van der Waals surface area (Å²) in [6.45, 7) is 4.53. The highest BCUT2D eigenvalue weighted by Gasteiger charge is 2.30. The maximum Gasteiger partial charge on any atom is 0.342 e. The molecule has 1 aliphatic carbocycles. The van der Waals surface area contributed by atoms with E-state index in [1.807, 2.05) is 32.0 Å². The number of hydrogen-bond donors (Lipinski definition) is 3. The number of aromatic nitrogens is 2. The van der Waals surface area contributed by atoms with Crippen molar-refractivity contribution in [2.75, 3.05) is 11.9 Å². The minimum Gasteiger partial charge on any atom is -0.507 e. The third kappa shape index (κ3) is 4.60. The molecule has 1 aliphatic rings. The Morgan fingerprint density at radius 1 is 1.13 bits per heavy atom. The van der Waals surface area contributed by atoms with Gasteiger partial charge in [0, 0.05) is 29.3 Å². The van der Waals surface area contributed by atoms with Crippen LogP contribution in [0.2, 0.25) is 0 Å². The first-order valence-corrected chi connectivity index (χ1v) is 10.6. The number of benzene rings is 2. The largest absolute Gasteiger partial charge is 0.507 e. The van der Waals surface area contributed by atoms with Crippen LogP contribution in [0.3, 0.4) is 0 Å². The lowest BCUT2D eigenvalue weighted by atomic mass is 10.1. The number of rotatable bonds is 6. The maximum absolute atomic E-state index is 12.6. The Kier molecular flexibility index (Phi) is 5.75. The fourth-order valence-electron chi connectivity index (χ4n) is 3.39. The summed E-state index contributed by atoms with van der Waals surface area (Å²) in [6, 6.07) is 13.7. The normalized spacial score (nSPS) is 13.1. The topological polar surface area (TPSA) is 96.3 Å². The zero-order valence-corrected chi connectivity index (χ0v) is 17.7. The monoisotopic (exact) mass is 418 g/mol. The number of phenols is 1. The minimum atomic E-state index is -0.265. The van der Waals surface area contributed by atoms with Crippen LogP contribution in [0.1, 0.15) is 53.7 Å². The van der Waals surface area contributed by atoms with Gasteiger partial charge in [0.2, 0.25) is 0 Å². The van der Waals surface area contributed by atoms with Crippen molar-refractivity contribution in [2.24, 2.45) is 0 Å². The lowest BCUT2D eigenvalue weighted by Gasteiger charge is -2.09. The molecule has 1 aromatic heterocycles. The molecule has 31 heavy (non-hydrogen) atoms. The Hall–Kier alpha value is -3.61. The number of aromatic hydroxyl groups is 1. The predicted octanol–water partition coefficient (Wildman–Crippen LogP) is 4.66. The molecule has 0 bridgehead atoms. The Balaban J connectivity index is 1.61. The number of nitrogens with zero attached hydrogens (tertiary/aromatic N) is 2. The van der Waals surface area contributed by atoms with Gasteiger partial charge in [-0.25, -0.2) is 4.79 Å². The number of anilines is 1. The Morgan fingerprint density at radius 2 is 1.87 bits per heavy atom. The number of nitrogens with one attached hydrogen (secondary N) is 2. The summed E-state index contributed by atoms with van der Waals surface area (Å²) in [6.07, 6.45) is 2.87. The first-order chi connectivity index (χ1) is 15.0. The van der Waals surface area contributed by atoms with E-state index >= 15 is 0 Å². The molecule has 3 N–H and O–H groups in total. The first kappa shape index (κ1) is 20.7. The van der Waals surface area contributed by atoms with Crippen molar-refractivity contribution in [2.45, 2.75) is 39.0 Å². The van der Waals surface area contributed by atoms with E-state index in [1.165, 1.54) is 10.7 Å². The van der Waals surface area contributed by atoms with Gasteiger partial charge in [-0.05, 0) is 62.6 Å². The molecular formula is C24H26N4O3. The SMILES string of the molecule is CCCNC(=O)n1nc(-c2cc(NC(=O)c3ccc(C)cc3)ccc2O)cc1C1CC1. The number of carbonyl (C=O) groups excluding carboxylic acids is 2. The van der Waals surface area contributed by atoms with Crippen molar-refractivity contribution >= 4 is 17.6 Å². The highest BCUT2D eigenvalue weighted by atomic mass is 16.3. The molecule has 160 valence electrons.